The van der Waals surface area contributed by atoms with Gasteiger partial charge in [-0.2, -0.15) is 4.98 Å². The van der Waals surface area contributed by atoms with Crippen LogP contribution in [0.3, 0.4) is 0 Å². The zero-order valence-electron chi connectivity index (χ0n) is 17.9. The number of rotatable bonds is 6. The van der Waals surface area contributed by atoms with Crippen molar-refractivity contribution < 1.29 is 15.3 Å². The van der Waals surface area contributed by atoms with Crippen molar-refractivity contribution >= 4 is 44.9 Å². The van der Waals surface area contributed by atoms with E-state index in [4.69, 9.17) is 21.6 Å². The van der Waals surface area contributed by atoms with Gasteiger partial charge in [0.25, 0.3) is 0 Å². The number of hydrogen-bond donors (Lipinski definition) is 6. The Morgan fingerprint density at radius 1 is 1.06 bits per heavy atom. The van der Waals surface area contributed by atoms with E-state index in [1.807, 2.05) is 24.3 Å². The van der Waals surface area contributed by atoms with Crippen LogP contribution in [-0.4, -0.2) is 74.3 Å². The number of fused-ring (bicyclic) bond motifs is 1. The van der Waals surface area contributed by atoms with Crippen molar-refractivity contribution in [3.8, 4) is 10.6 Å². The average molecular weight is 491 g/mol. The summed E-state index contributed by atoms with van der Waals surface area (Å²) in [5.41, 5.74) is 1.41. The van der Waals surface area contributed by atoms with Crippen molar-refractivity contribution in [2.45, 2.75) is 43.6 Å². The Bertz CT molecular complexity index is 1090. The second kappa shape index (κ2) is 9.65. The fraction of sp³-hybridized carbons (Fsp3) is 0.500. The van der Waals surface area contributed by atoms with Crippen LogP contribution in [0.1, 0.15) is 19.3 Å². The lowest BCUT2D eigenvalue weighted by Crippen LogP contribution is -2.36. The lowest BCUT2D eigenvalue weighted by molar-refractivity contribution is 0.00446. The summed E-state index contributed by atoms with van der Waals surface area (Å²) in [6, 6.07) is 7.56. The molecule has 1 aliphatic heterocycles. The van der Waals surface area contributed by atoms with Crippen LogP contribution >= 0.6 is 22.9 Å². The standard InChI is InChI=1S/C22H27ClN6O3S/c23-19-16(21-27-13-3-1-2-4-15(13)33-21)20(26-14-9-11(10-30)17(31)18(14)32)29-22(28-19)25-12-5-7-24-8-6-12/h1-4,11-12,14,17-18,24,30-32H,5-10H2,(H2,25,26,28,29)/t11-,14-,17-,18+/m1/s1. The van der Waals surface area contributed by atoms with Gasteiger partial charge in [-0.3, -0.25) is 0 Å². The molecule has 0 radical (unpaired) electrons. The molecule has 176 valence electrons. The van der Waals surface area contributed by atoms with Gasteiger partial charge in [0, 0.05) is 18.6 Å². The number of aromatic nitrogens is 3. The van der Waals surface area contributed by atoms with Crippen molar-refractivity contribution in [3.63, 3.8) is 0 Å². The Balaban J connectivity index is 1.52. The van der Waals surface area contributed by atoms with E-state index >= 15 is 0 Å². The van der Waals surface area contributed by atoms with Gasteiger partial charge in [-0.25, -0.2) is 9.97 Å². The number of nitrogens with zero attached hydrogens (tertiary/aromatic N) is 3. The Morgan fingerprint density at radius 3 is 2.58 bits per heavy atom. The van der Waals surface area contributed by atoms with Crippen LogP contribution in [0.5, 0.6) is 0 Å². The van der Waals surface area contributed by atoms with Gasteiger partial charge in [-0.1, -0.05) is 23.7 Å². The summed E-state index contributed by atoms with van der Waals surface area (Å²) < 4.78 is 1.02. The number of halogens is 1. The summed E-state index contributed by atoms with van der Waals surface area (Å²) in [6.07, 6.45) is 0.254. The molecule has 0 spiro atoms. The smallest absolute Gasteiger partial charge is 0.226 e. The number of para-hydroxylation sites is 1. The fourth-order valence-electron chi connectivity index (χ4n) is 4.54. The molecule has 1 aliphatic carbocycles. The maximum atomic E-state index is 10.6. The first-order valence-corrected chi connectivity index (χ1v) is 12.4. The maximum absolute atomic E-state index is 10.6. The van der Waals surface area contributed by atoms with Crippen molar-refractivity contribution in [1.29, 1.82) is 0 Å². The predicted octanol–water partition coefficient (Wildman–Crippen LogP) is 2.09. The van der Waals surface area contributed by atoms with E-state index in [9.17, 15) is 15.3 Å². The van der Waals surface area contributed by atoms with E-state index in [2.05, 4.69) is 20.9 Å². The summed E-state index contributed by atoms with van der Waals surface area (Å²) in [6.45, 7) is 1.65. The van der Waals surface area contributed by atoms with Gasteiger partial charge in [0.15, 0.2) is 0 Å². The first-order valence-electron chi connectivity index (χ1n) is 11.2. The first-order chi connectivity index (χ1) is 16.0. The third-order valence-electron chi connectivity index (χ3n) is 6.40. The molecule has 2 aromatic heterocycles. The van der Waals surface area contributed by atoms with Gasteiger partial charge in [0.1, 0.15) is 22.1 Å². The third kappa shape index (κ3) is 4.64. The van der Waals surface area contributed by atoms with Crippen molar-refractivity contribution in [3.05, 3.63) is 29.4 Å². The van der Waals surface area contributed by atoms with E-state index < -0.39 is 24.2 Å². The highest BCUT2D eigenvalue weighted by atomic mass is 35.5. The van der Waals surface area contributed by atoms with E-state index in [0.717, 1.165) is 36.1 Å². The second-order valence-corrected chi connectivity index (χ2v) is 10.0. The zero-order chi connectivity index (χ0) is 22.9. The molecule has 4 atom stereocenters. The Hall–Kier alpha value is -2.08. The number of aliphatic hydroxyl groups excluding tert-OH is 3. The number of benzene rings is 1. The summed E-state index contributed by atoms with van der Waals surface area (Å²) in [7, 11) is 0. The van der Waals surface area contributed by atoms with E-state index in [-0.39, 0.29) is 17.8 Å². The molecule has 0 bridgehead atoms. The molecule has 33 heavy (non-hydrogen) atoms. The van der Waals surface area contributed by atoms with Gasteiger partial charge in [0.2, 0.25) is 5.95 Å². The van der Waals surface area contributed by atoms with Gasteiger partial charge < -0.3 is 31.3 Å². The molecule has 5 rings (SSSR count). The predicted molar refractivity (Wildman–Crippen MR) is 130 cm³/mol. The fourth-order valence-corrected chi connectivity index (χ4v) is 5.87. The SMILES string of the molecule is OC[C@H]1C[C@@H](Nc2nc(NC3CCNCC3)nc(Cl)c2-c2nc3ccccc3s2)[C@H](O)[C@@H]1O. The van der Waals surface area contributed by atoms with Crippen molar-refractivity contribution in [1.82, 2.24) is 20.3 Å². The Labute approximate surface area is 200 Å². The molecule has 6 N–H and O–H groups in total. The van der Waals surface area contributed by atoms with E-state index in [1.54, 1.807) is 0 Å². The van der Waals surface area contributed by atoms with Gasteiger partial charge in [-0.15, -0.1) is 11.3 Å². The lowest BCUT2D eigenvalue weighted by Gasteiger charge is -2.25. The van der Waals surface area contributed by atoms with Gasteiger partial charge >= 0.3 is 0 Å². The molecule has 3 heterocycles. The molecule has 1 saturated carbocycles. The average Bonchev–Trinajstić information content (AvgIpc) is 3.35. The minimum Gasteiger partial charge on any atom is -0.396 e. The van der Waals surface area contributed by atoms with Crippen LogP contribution in [0.4, 0.5) is 11.8 Å². The normalized spacial score (nSPS) is 26.1. The molecule has 2 aliphatic rings. The van der Waals surface area contributed by atoms with Crippen LogP contribution in [0.15, 0.2) is 24.3 Å². The molecule has 3 aromatic rings. The molecule has 11 heteroatoms. The number of aliphatic hydroxyl groups is 3. The molecule has 2 fully saturated rings. The maximum Gasteiger partial charge on any atom is 0.226 e. The molecule has 0 unspecified atom stereocenters. The van der Waals surface area contributed by atoms with Gasteiger partial charge in [0.05, 0.1) is 27.9 Å². The van der Waals surface area contributed by atoms with Crippen LogP contribution in [-0.2, 0) is 0 Å². The molecule has 1 aromatic carbocycles. The van der Waals surface area contributed by atoms with Crippen LogP contribution in [0.25, 0.3) is 20.8 Å². The lowest BCUT2D eigenvalue weighted by atomic mass is 10.1. The molecule has 1 saturated heterocycles. The number of piperidine rings is 1. The van der Waals surface area contributed by atoms with E-state index in [0.29, 0.717) is 28.8 Å². The van der Waals surface area contributed by atoms with Crippen molar-refractivity contribution in [2.75, 3.05) is 30.3 Å². The number of nitrogens with one attached hydrogen (secondary N) is 3. The molecular formula is C22H27ClN6O3S. The topological polar surface area (TPSA) is 135 Å². The molecule has 9 nitrogen and oxygen atoms in total. The summed E-state index contributed by atoms with van der Waals surface area (Å²) in [4.78, 5) is 14.0. The summed E-state index contributed by atoms with van der Waals surface area (Å²) >= 11 is 8.18. The number of hydrogen-bond acceptors (Lipinski definition) is 10. The second-order valence-electron chi connectivity index (χ2n) is 8.63. The van der Waals surface area contributed by atoms with E-state index in [1.165, 1.54) is 11.3 Å². The quantitative estimate of drug-likeness (QED) is 0.287. The number of thiazole rings is 1. The summed E-state index contributed by atoms with van der Waals surface area (Å²) in [5, 5.41) is 41.3. The Kier molecular flexibility index (Phi) is 6.64. The Morgan fingerprint density at radius 2 is 1.85 bits per heavy atom. The highest BCUT2D eigenvalue weighted by Gasteiger charge is 2.41. The zero-order valence-corrected chi connectivity index (χ0v) is 19.5. The first kappa shape index (κ1) is 22.7. The summed E-state index contributed by atoms with van der Waals surface area (Å²) in [5.74, 6) is 0.444. The molecular weight excluding hydrogens is 464 g/mol. The third-order valence-corrected chi connectivity index (χ3v) is 7.73. The highest BCUT2D eigenvalue weighted by Crippen LogP contribution is 2.40. The van der Waals surface area contributed by atoms with Crippen LogP contribution in [0.2, 0.25) is 5.15 Å². The van der Waals surface area contributed by atoms with Crippen LogP contribution < -0.4 is 16.0 Å². The van der Waals surface area contributed by atoms with Gasteiger partial charge in [-0.05, 0) is 44.5 Å². The molecule has 0 amide bonds. The number of anilines is 2. The largest absolute Gasteiger partial charge is 0.396 e. The minimum atomic E-state index is -1.04. The monoisotopic (exact) mass is 490 g/mol. The highest BCUT2D eigenvalue weighted by molar-refractivity contribution is 7.21. The van der Waals surface area contributed by atoms with Crippen LogP contribution in [0, 0.1) is 5.92 Å². The minimum absolute atomic E-state index is 0.200. The van der Waals surface area contributed by atoms with Crippen molar-refractivity contribution in [2.24, 2.45) is 5.92 Å².